The van der Waals surface area contributed by atoms with E-state index in [9.17, 15) is 4.79 Å². The molecule has 146 valence electrons. The number of aromatic nitrogens is 2. The van der Waals surface area contributed by atoms with Crippen molar-refractivity contribution >= 4 is 16.8 Å². The first-order valence-electron chi connectivity index (χ1n) is 9.79. The lowest BCUT2D eigenvalue weighted by Gasteiger charge is -2.24. The summed E-state index contributed by atoms with van der Waals surface area (Å²) in [6.07, 6.45) is 0. The van der Waals surface area contributed by atoms with Gasteiger partial charge in [0.15, 0.2) is 5.69 Å². The monoisotopic (exact) mass is 377 g/mol. The van der Waals surface area contributed by atoms with Crippen LogP contribution in [-0.4, -0.2) is 65.2 Å². The summed E-state index contributed by atoms with van der Waals surface area (Å²) in [5, 5.41) is 11.2. The number of amides is 1. The number of hydrogen-bond acceptors (Lipinski definition) is 4. The molecular formula is C22H27N5O. The van der Waals surface area contributed by atoms with Crippen molar-refractivity contribution in [3.05, 3.63) is 65.4 Å². The van der Waals surface area contributed by atoms with E-state index >= 15 is 0 Å². The van der Waals surface area contributed by atoms with Gasteiger partial charge in [-0.1, -0.05) is 48.0 Å². The van der Waals surface area contributed by atoms with Crippen molar-refractivity contribution < 1.29 is 4.79 Å². The van der Waals surface area contributed by atoms with Crippen molar-refractivity contribution in [1.29, 1.82) is 0 Å². The standard InChI is InChI=1S/C22H27N5O/c1-16-6-5-7-17(12-16)13-27-11-10-26(2)14-18(15-27)23-22(28)21-19-8-3-4-9-20(19)24-25-21/h3-9,12,18H,10-11,13-15H2,1-2H3,(H,23,28)(H,24,25). The summed E-state index contributed by atoms with van der Waals surface area (Å²) in [5.41, 5.74) is 3.94. The molecule has 1 saturated heterocycles. The molecule has 4 rings (SSSR count). The third-order valence-electron chi connectivity index (χ3n) is 5.32. The Bertz CT molecular complexity index is 966. The Hall–Kier alpha value is -2.70. The van der Waals surface area contributed by atoms with Crippen LogP contribution in [-0.2, 0) is 6.54 Å². The van der Waals surface area contributed by atoms with Crippen LogP contribution in [0.15, 0.2) is 48.5 Å². The predicted molar refractivity (Wildman–Crippen MR) is 111 cm³/mol. The molecule has 28 heavy (non-hydrogen) atoms. The maximum Gasteiger partial charge on any atom is 0.272 e. The molecule has 0 bridgehead atoms. The molecule has 1 fully saturated rings. The summed E-state index contributed by atoms with van der Waals surface area (Å²) in [4.78, 5) is 17.6. The van der Waals surface area contributed by atoms with E-state index in [0.29, 0.717) is 5.69 Å². The SMILES string of the molecule is Cc1cccc(CN2CCN(C)CC(NC(=O)c3n[nH]c4ccccc34)C2)c1. The van der Waals surface area contributed by atoms with Gasteiger partial charge in [-0.3, -0.25) is 14.8 Å². The van der Waals surface area contributed by atoms with Crippen LogP contribution in [0.4, 0.5) is 0 Å². The van der Waals surface area contributed by atoms with Crippen molar-refractivity contribution in [3.8, 4) is 0 Å². The zero-order chi connectivity index (χ0) is 19.5. The van der Waals surface area contributed by atoms with Gasteiger partial charge in [0, 0.05) is 38.1 Å². The Morgan fingerprint density at radius 3 is 2.89 bits per heavy atom. The first-order chi connectivity index (χ1) is 13.6. The number of H-pyrrole nitrogens is 1. The molecule has 1 atom stereocenters. The van der Waals surface area contributed by atoms with E-state index in [1.54, 1.807) is 0 Å². The Balaban J connectivity index is 1.47. The zero-order valence-corrected chi connectivity index (χ0v) is 16.5. The molecule has 1 amide bonds. The van der Waals surface area contributed by atoms with Gasteiger partial charge in [0.2, 0.25) is 0 Å². The number of para-hydroxylation sites is 1. The van der Waals surface area contributed by atoms with E-state index in [0.717, 1.165) is 43.6 Å². The Morgan fingerprint density at radius 2 is 2.04 bits per heavy atom. The Labute approximate surface area is 165 Å². The summed E-state index contributed by atoms with van der Waals surface area (Å²) in [6.45, 7) is 6.65. The topological polar surface area (TPSA) is 64.3 Å². The predicted octanol–water partition coefficient (Wildman–Crippen LogP) is 2.42. The van der Waals surface area contributed by atoms with Gasteiger partial charge in [0.1, 0.15) is 0 Å². The number of fused-ring (bicyclic) bond motifs is 1. The molecule has 0 saturated carbocycles. The van der Waals surface area contributed by atoms with Crippen molar-refractivity contribution in [2.75, 3.05) is 33.2 Å². The van der Waals surface area contributed by atoms with Crippen molar-refractivity contribution in [3.63, 3.8) is 0 Å². The highest BCUT2D eigenvalue weighted by Gasteiger charge is 2.24. The van der Waals surface area contributed by atoms with E-state index in [1.807, 2.05) is 24.3 Å². The van der Waals surface area contributed by atoms with Crippen LogP contribution in [0.2, 0.25) is 0 Å². The number of carbonyl (C=O) groups excluding carboxylic acids is 1. The maximum atomic E-state index is 12.9. The quantitative estimate of drug-likeness (QED) is 0.733. The third kappa shape index (κ3) is 4.24. The fourth-order valence-electron chi connectivity index (χ4n) is 3.93. The molecular weight excluding hydrogens is 350 g/mol. The van der Waals surface area contributed by atoms with Crippen LogP contribution in [0.25, 0.3) is 10.9 Å². The molecule has 1 aliphatic rings. The van der Waals surface area contributed by atoms with Crippen molar-refractivity contribution in [2.45, 2.75) is 19.5 Å². The van der Waals surface area contributed by atoms with E-state index in [1.165, 1.54) is 11.1 Å². The van der Waals surface area contributed by atoms with Crippen molar-refractivity contribution in [2.24, 2.45) is 0 Å². The molecule has 0 aliphatic carbocycles. The third-order valence-corrected chi connectivity index (χ3v) is 5.32. The van der Waals surface area contributed by atoms with Gasteiger partial charge in [0.05, 0.1) is 11.6 Å². The number of carbonyl (C=O) groups is 1. The second-order valence-electron chi connectivity index (χ2n) is 7.77. The van der Waals surface area contributed by atoms with Crippen LogP contribution in [0.1, 0.15) is 21.6 Å². The second-order valence-corrected chi connectivity index (χ2v) is 7.77. The molecule has 0 radical (unpaired) electrons. The number of rotatable bonds is 4. The Morgan fingerprint density at radius 1 is 1.18 bits per heavy atom. The summed E-state index contributed by atoms with van der Waals surface area (Å²) in [7, 11) is 2.11. The van der Waals surface area contributed by atoms with Crippen LogP contribution < -0.4 is 5.32 Å². The van der Waals surface area contributed by atoms with Gasteiger partial charge >= 0.3 is 0 Å². The van der Waals surface area contributed by atoms with Gasteiger partial charge in [-0.2, -0.15) is 5.10 Å². The van der Waals surface area contributed by atoms with Gasteiger partial charge in [-0.05, 0) is 25.6 Å². The molecule has 2 aromatic carbocycles. The van der Waals surface area contributed by atoms with Crippen LogP contribution in [0, 0.1) is 6.92 Å². The fourth-order valence-corrected chi connectivity index (χ4v) is 3.93. The molecule has 1 aliphatic heterocycles. The number of nitrogens with one attached hydrogen (secondary N) is 2. The fraction of sp³-hybridized carbons (Fsp3) is 0.364. The highest BCUT2D eigenvalue weighted by atomic mass is 16.2. The lowest BCUT2D eigenvalue weighted by atomic mass is 10.1. The van der Waals surface area contributed by atoms with Crippen LogP contribution in [0.3, 0.4) is 0 Å². The van der Waals surface area contributed by atoms with Gasteiger partial charge in [-0.25, -0.2) is 0 Å². The number of aryl methyl sites for hydroxylation is 1. The van der Waals surface area contributed by atoms with E-state index in [-0.39, 0.29) is 11.9 Å². The van der Waals surface area contributed by atoms with E-state index in [2.05, 4.69) is 63.6 Å². The number of benzene rings is 2. The molecule has 1 aromatic heterocycles. The number of likely N-dealkylation sites (N-methyl/N-ethyl adjacent to an activating group) is 1. The second kappa shape index (κ2) is 8.12. The van der Waals surface area contributed by atoms with Gasteiger partial charge < -0.3 is 10.2 Å². The smallest absolute Gasteiger partial charge is 0.272 e. The zero-order valence-electron chi connectivity index (χ0n) is 16.5. The van der Waals surface area contributed by atoms with Crippen LogP contribution >= 0.6 is 0 Å². The van der Waals surface area contributed by atoms with Gasteiger partial charge in [-0.15, -0.1) is 0 Å². The lowest BCUT2D eigenvalue weighted by molar-refractivity contribution is 0.0920. The van der Waals surface area contributed by atoms with Crippen molar-refractivity contribution in [1.82, 2.24) is 25.3 Å². The highest BCUT2D eigenvalue weighted by Crippen LogP contribution is 2.16. The summed E-state index contributed by atoms with van der Waals surface area (Å²) >= 11 is 0. The average molecular weight is 377 g/mol. The van der Waals surface area contributed by atoms with E-state index in [4.69, 9.17) is 0 Å². The molecule has 6 nitrogen and oxygen atoms in total. The molecule has 6 heteroatoms. The Kier molecular flexibility index (Phi) is 5.41. The summed E-state index contributed by atoms with van der Waals surface area (Å²) < 4.78 is 0. The highest BCUT2D eigenvalue weighted by molar-refractivity contribution is 6.04. The minimum Gasteiger partial charge on any atom is -0.345 e. The molecule has 1 unspecified atom stereocenters. The van der Waals surface area contributed by atoms with Crippen LogP contribution in [0.5, 0.6) is 0 Å². The summed E-state index contributed by atoms with van der Waals surface area (Å²) in [5.74, 6) is -0.117. The minimum atomic E-state index is -0.117. The normalized spacial score (nSPS) is 18.9. The first-order valence-corrected chi connectivity index (χ1v) is 9.79. The minimum absolute atomic E-state index is 0.0558. The molecule has 0 spiro atoms. The molecule has 3 aromatic rings. The number of nitrogens with zero attached hydrogens (tertiary/aromatic N) is 3. The lowest BCUT2D eigenvalue weighted by Crippen LogP contribution is -2.46. The first kappa shape index (κ1) is 18.7. The number of hydrogen-bond donors (Lipinski definition) is 2. The largest absolute Gasteiger partial charge is 0.345 e. The number of aromatic amines is 1. The van der Waals surface area contributed by atoms with E-state index < -0.39 is 0 Å². The molecule has 2 heterocycles. The molecule has 2 N–H and O–H groups in total. The average Bonchev–Trinajstić information content (AvgIpc) is 3.02. The van der Waals surface area contributed by atoms with Gasteiger partial charge in [0.25, 0.3) is 5.91 Å². The maximum absolute atomic E-state index is 12.9. The summed E-state index contributed by atoms with van der Waals surface area (Å²) in [6, 6.07) is 16.4.